The second-order valence-corrected chi connectivity index (χ2v) is 6.73. The van der Waals surface area contributed by atoms with E-state index in [0.717, 1.165) is 22.2 Å². The Labute approximate surface area is 154 Å². The van der Waals surface area contributed by atoms with E-state index in [1.54, 1.807) is 29.0 Å². The molecule has 0 aliphatic heterocycles. The quantitative estimate of drug-likeness (QED) is 0.451. The van der Waals surface area contributed by atoms with E-state index in [9.17, 15) is 0 Å². The molecule has 0 N–H and O–H groups in total. The molecular weight excluding hydrogens is 360 g/mol. The van der Waals surface area contributed by atoms with Crippen LogP contribution in [0.2, 0.25) is 5.02 Å². The lowest BCUT2D eigenvalue weighted by Gasteiger charge is -2.08. The lowest BCUT2D eigenvalue weighted by molar-refractivity contribution is 0.268. The lowest BCUT2D eigenvalue weighted by atomic mass is 10.2. The Morgan fingerprint density at radius 2 is 2.24 bits per heavy atom. The number of furan rings is 1. The normalized spacial score (nSPS) is 11.3. The van der Waals surface area contributed by atoms with E-state index in [1.165, 1.54) is 0 Å². The first-order valence-electron chi connectivity index (χ1n) is 7.71. The van der Waals surface area contributed by atoms with E-state index in [4.69, 9.17) is 20.8 Å². The van der Waals surface area contributed by atoms with Crippen LogP contribution in [0.4, 0.5) is 0 Å². The van der Waals surface area contributed by atoms with E-state index in [2.05, 4.69) is 15.3 Å². The van der Waals surface area contributed by atoms with Gasteiger partial charge in [-0.15, -0.1) is 10.2 Å². The van der Waals surface area contributed by atoms with Crippen molar-refractivity contribution in [1.29, 1.82) is 0 Å². The SMILES string of the molecule is CCSc1nncn1N=Cc1ccc(COc2cccc(Cl)c2C)o1. The van der Waals surface area contributed by atoms with Crippen molar-refractivity contribution in [3.63, 3.8) is 0 Å². The van der Waals surface area contributed by atoms with Crippen LogP contribution in [-0.4, -0.2) is 26.8 Å². The van der Waals surface area contributed by atoms with Gasteiger partial charge in [0.25, 0.3) is 0 Å². The third-order valence-electron chi connectivity index (χ3n) is 3.35. The van der Waals surface area contributed by atoms with Gasteiger partial charge in [0.15, 0.2) is 0 Å². The van der Waals surface area contributed by atoms with Crippen molar-refractivity contribution < 1.29 is 9.15 Å². The maximum Gasteiger partial charge on any atom is 0.211 e. The van der Waals surface area contributed by atoms with Gasteiger partial charge in [-0.2, -0.15) is 9.78 Å². The molecule has 0 radical (unpaired) electrons. The zero-order valence-electron chi connectivity index (χ0n) is 13.8. The number of benzene rings is 1. The van der Waals surface area contributed by atoms with Gasteiger partial charge in [-0.3, -0.25) is 0 Å². The average Bonchev–Trinajstić information content (AvgIpc) is 3.24. The summed E-state index contributed by atoms with van der Waals surface area (Å²) in [5.74, 6) is 2.97. The number of thioether (sulfide) groups is 1. The highest BCUT2D eigenvalue weighted by atomic mass is 35.5. The molecule has 0 saturated heterocycles. The summed E-state index contributed by atoms with van der Waals surface area (Å²) in [5, 5.41) is 13.6. The molecule has 130 valence electrons. The van der Waals surface area contributed by atoms with Crippen molar-refractivity contribution in [3.8, 4) is 5.75 Å². The largest absolute Gasteiger partial charge is 0.485 e. The minimum atomic E-state index is 0.318. The monoisotopic (exact) mass is 376 g/mol. The minimum Gasteiger partial charge on any atom is -0.485 e. The molecule has 25 heavy (non-hydrogen) atoms. The number of halogens is 1. The second kappa shape index (κ2) is 8.22. The summed E-state index contributed by atoms with van der Waals surface area (Å²) in [5.41, 5.74) is 0.908. The Morgan fingerprint density at radius 1 is 1.36 bits per heavy atom. The number of hydrogen-bond donors (Lipinski definition) is 0. The number of aromatic nitrogens is 3. The van der Waals surface area contributed by atoms with E-state index in [0.29, 0.717) is 23.2 Å². The van der Waals surface area contributed by atoms with Crippen LogP contribution in [0.5, 0.6) is 5.75 Å². The van der Waals surface area contributed by atoms with Gasteiger partial charge < -0.3 is 9.15 Å². The Bertz CT molecular complexity index is 875. The molecule has 2 aromatic heterocycles. The van der Waals surface area contributed by atoms with Gasteiger partial charge in [0.1, 0.15) is 30.2 Å². The van der Waals surface area contributed by atoms with Gasteiger partial charge in [0, 0.05) is 10.6 Å². The molecule has 0 saturated carbocycles. The number of rotatable bonds is 7. The molecule has 0 amide bonds. The summed E-state index contributed by atoms with van der Waals surface area (Å²) < 4.78 is 13.1. The Morgan fingerprint density at radius 3 is 3.08 bits per heavy atom. The first-order valence-corrected chi connectivity index (χ1v) is 9.07. The molecule has 0 aliphatic carbocycles. The standard InChI is InChI=1S/C17H17ClN4O2S/c1-3-25-17-21-19-11-22(17)20-9-13-7-8-14(24-13)10-23-16-6-4-5-15(18)12(16)2/h4-9,11H,3,10H2,1-2H3. The minimum absolute atomic E-state index is 0.318. The summed E-state index contributed by atoms with van der Waals surface area (Å²) >= 11 is 7.66. The molecule has 6 nitrogen and oxygen atoms in total. The summed E-state index contributed by atoms with van der Waals surface area (Å²) in [4.78, 5) is 0. The second-order valence-electron chi connectivity index (χ2n) is 5.09. The van der Waals surface area contributed by atoms with Crippen LogP contribution < -0.4 is 4.74 Å². The highest BCUT2D eigenvalue weighted by Gasteiger charge is 2.06. The first kappa shape index (κ1) is 17.6. The van der Waals surface area contributed by atoms with Gasteiger partial charge in [-0.1, -0.05) is 36.4 Å². The van der Waals surface area contributed by atoms with Crippen LogP contribution in [-0.2, 0) is 6.61 Å². The van der Waals surface area contributed by atoms with E-state index in [1.807, 2.05) is 44.2 Å². The zero-order chi connectivity index (χ0) is 17.6. The molecular formula is C17H17ClN4O2S. The summed E-state index contributed by atoms with van der Waals surface area (Å²) in [6.45, 7) is 4.29. The maximum atomic E-state index is 6.09. The first-order chi connectivity index (χ1) is 12.2. The predicted octanol–water partition coefficient (Wildman–Crippen LogP) is 4.41. The topological polar surface area (TPSA) is 65.4 Å². The lowest BCUT2D eigenvalue weighted by Crippen LogP contribution is -1.96. The highest BCUT2D eigenvalue weighted by Crippen LogP contribution is 2.26. The summed E-state index contributed by atoms with van der Waals surface area (Å²) in [6.07, 6.45) is 3.18. The van der Waals surface area contributed by atoms with Crippen LogP contribution in [0.3, 0.4) is 0 Å². The van der Waals surface area contributed by atoms with Crippen LogP contribution in [0.15, 0.2) is 51.3 Å². The molecule has 0 bridgehead atoms. The van der Waals surface area contributed by atoms with Crippen LogP contribution in [0.25, 0.3) is 0 Å². The zero-order valence-corrected chi connectivity index (χ0v) is 15.4. The van der Waals surface area contributed by atoms with Crippen LogP contribution in [0, 0.1) is 6.92 Å². The molecule has 2 heterocycles. The van der Waals surface area contributed by atoms with Crippen LogP contribution in [0.1, 0.15) is 24.0 Å². The van der Waals surface area contributed by atoms with Gasteiger partial charge in [0.2, 0.25) is 5.16 Å². The van der Waals surface area contributed by atoms with Crippen molar-refractivity contribution in [1.82, 2.24) is 14.9 Å². The summed E-state index contributed by atoms with van der Waals surface area (Å²) in [7, 11) is 0. The smallest absolute Gasteiger partial charge is 0.211 e. The third kappa shape index (κ3) is 4.43. The predicted molar refractivity (Wildman–Crippen MR) is 98.6 cm³/mol. The highest BCUT2D eigenvalue weighted by molar-refractivity contribution is 7.99. The number of nitrogens with zero attached hydrogens (tertiary/aromatic N) is 4. The van der Waals surface area contributed by atoms with Gasteiger partial charge in [-0.05, 0) is 36.9 Å². The van der Waals surface area contributed by atoms with E-state index < -0.39 is 0 Å². The number of hydrogen-bond acceptors (Lipinski definition) is 6. The Balaban J connectivity index is 1.63. The fraction of sp³-hybridized carbons (Fsp3) is 0.235. The van der Waals surface area contributed by atoms with Crippen molar-refractivity contribution in [2.24, 2.45) is 5.10 Å². The van der Waals surface area contributed by atoms with Crippen LogP contribution >= 0.6 is 23.4 Å². The molecule has 1 aromatic carbocycles. The van der Waals surface area contributed by atoms with Gasteiger partial charge >= 0.3 is 0 Å². The van der Waals surface area contributed by atoms with Gasteiger partial charge in [0.05, 0.1) is 6.21 Å². The van der Waals surface area contributed by atoms with Crippen molar-refractivity contribution >= 4 is 29.6 Å². The molecule has 8 heteroatoms. The molecule has 0 spiro atoms. The number of ether oxygens (including phenoxy) is 1. The van der Waals surface area contributed by atoms with Crippen molar-refractivity contribution in [3.05, 3.63) is 58.8 Å². The Hall–Kier alpha value is -2.25. The van der Waals surface area contributed by atoms with E-state index in [-0.39, 0.29) is 0 Å². The third-order valence-corrected chi connectivity index (χ3v) is 4.58. The molecule has 0 atom stereocenters. The molecule has 3 aromatic rings. The van der Waals surface area contributed by atoms with Crippen molar-refractivity contribution in [2.75, 3.05) is 5.75 Å². The van der Waals surface area contributed by atoms with Crippen molar-refractivity contribution in [2.45, 2.75) is 25.6 Å². The average molecular weight is 377 g/mol. The van der Waals surface area contributed by atoms with E-state index >= 15 is 0 Å². The summed E-state index contributed by atoms with van der Waals surface area (Å²) in [6, 6.07) is 9.27. The maximum absolute atomic E-state index is 6.09. The molecule has 0 fully saturated rings. The molecule has 3 rings (SSSR count). The molecule has 0 unspecified atom stereocenters. The molecule has 0 aliphatic rings. The Kier molecular flexibility index (Phi) is 5.78. The fourth-order valence-electron chi connectivity index (χ4n) is 2.08. The van der Waals surface area contributed by atoms with Gasteiger partial charge in [-0.25, -0.2) is 0 Å². The fourth-order valence-corrected chi connectivity index (χ4v) is 2.83.